The minimum atomic E-state index is 0.992. The monoisotopic (exact) mass is 515 g/mol. The van der Waals surface area contributed by atoms with E-state index in [0.29, 0.717) is 0 Å². The number of rotatable bonds is 2. The molecule has 0 spiro atoms. The number of allylic oxidation sites excluding steroid dienone is 1. The molecular formula is C25H15Br2N3. The summed E-state index contributed by atoms with van der Waals surface area (Å²) >= 11 is 7.27. The molecular weight excluding hydrogens is 502 g/mol. The summed E-state index contributed by atoms with van der Waals surface area (Å²) in [5, 5.41) is 2.37. The molecule has 0 fully saturated rings. The predicted octanol–water partition coefficient (Wildman–Crippen LogP) is 7.85. The van der Waals surface area contributed by atoms with Crippen molar-refractivity contribution >= 4 is 76.7 Å². The van der Waals surface area contributed by atoms with Crippen LogP contribution in [0.25, 0.3) is 33.0 Å². The van der Waals surface area contributed by atoms with E-state index in [1.165, 1.54) is 16.3 Å². The van der Waals surface area contributed by atoms with Crippen molar-refractivity contribution in [1.29, 1.82) is 0 Å². The number of fused-ring (bicyclic) bond motifs is 3. The van der Waals surface area contributed by atoms with Gasteiger partial charge in [-0.15, -0.1) is 0 Å². The first kappa shape index (κ1) is 17.9. The number of nitrogens with zero attached hydrogens (tertiary/aromatic N) is 1. The Balaban J connectivity index is 1.74. The van der Waals surface area contributed by atoms with Crippen LogP contribution >= 0.6 is 31.9 Å². The lowest BCUT2D eigenvalue weighted by molar-refractivity contribution is 1.45. The van der Waals surface area contributed by atoms with Gasteiger partial charge in [0.25, 0.3) is 0 Å². The second-order valence-electron chi connectivity index (χ2n) is 7.35. The van der Waals surface area contributed by atoms with Gasteiger partial charge in [0.15, 0.2) is 0 Å². The molecule has 6 rings (SSSR count). The molecule has 3 nitrogen and oxygen atoms in total. The summed E-state index contributed by atoms with van der Waals surface area (Å²) in [6.45, 7) is 0. The van der Waals surface area contributed by atoms with Gasteiger partial charge in [0.05, 0.1) is 5.69 Å². The van der Waals surface area contributed by atoms with Gasteiger partial charge in [-0.05, 0) is 42.5 Å². The molecule has 2 N–H and O–H groups in total. The third kappa shape index (κ3) is 2.73. The van der Waals surface area contributed by atoms with Crippen molar-refractivity contribution in [1.82, 2.24) is 9.97 Å². The SMILES string of the molecule is Brc1ccc2c(c1)/C(=C(\c1c[nH]c3ccccc13)c1c[nH]c3ccc(Br)cc13)C=N2. The molecule has 144 valence electrons. The number of nitrogens with one attached hydrogen (secondary N) is 2. The number of aromatic nitrogens is 2. The van der Waals surface area contributed by atoms with Crippen molar-refractivity contribution in [2.75, 3.05) is 0 Å². The molecule has 3 heterocycles. The highest BCUT2D eigenvalue weighted by molar-refractivity contribution is 9.10. The number of H-pyrrole nitrogens is 2. The standard InChI is InChI=1S/C25H15Br2N3/c26-14-5-7-23-17(9-14)20(12-29-23)25(19-11-28-22-4-2-1-3-16(19)22)21-13-30-24-8-6-15(27)10-18(21)24/h1-13,28-29H/b25-21+. The van der Waals surface area contributed by atoms with Crippen molar-refractivity contribution < 1.29 is 0 Å². The van der Waals surface area contributed by atoms with Crippen LogP contribution in [0.2, 0.25) is 0 Å². The number of hydrogen-bond donors (Lipinski definition) is 2. The molecule has 0 saturated carbocycles. The molecule has 30 heavy (non-hydrogen) atoms. The molecule has 0 radical (unpaired) electrons. The first-order valence-electron chi connectivity index (χ1n) is 9.61. The Kier molecular flexibility index (Phi) is 4.08. The smallest absolute Gasteiger partial charge is 0.0709 e. The van der Waals surface area contributed by atoms with Gasteiger partial charge in [0.2, 0.25) is 0 Å². The average molecular weight is 517 g/mol. The van der Waals surface area contributed by atoms with Gasteiger partial charge in [-0.2, -0.15) is 0 Å². The van der Waals surface area contributed by atoms with E-state index in [4.69, 9.17) is 4.99 Å². The number of halogens is 2. The lowest BCUT2D eigenvalue weighted by Crippen LogP contribution is -1.93. The van der Waals surface area contributed by atoms with E-state index in [-0.39, 0.29) is 0 Å². The van der Waals surface area contributed by atoms with Gasteiger partial charge >= 0.3 is 0 Å². The lowest BCUT2D eigenvalue weighted by atomic mass is 9.90. The topological polar surface area (TPSA) is 43.9 Å². The molecule has 1 aliphatic heterocycles. The second-order valence-corrected chi connectivity index (χ2v) is 9.18. The van der Waals surface area contributed by atoms with Crippen LogP contribution in [-0.4, -0.2) is 16.2 Å². The summed E-state index contributed by atoms with van der Waals surface area (Å²) in [5.41, 5.74) is 8.97. The minimum absolute atomic E-state index is 0.992. The Labute approximate surface area is 189 Å². The van der Waals surface area contributed by atoms with E-state index < -0.39 is 0 Å². The van der Waals surface area contributed by atoms with Crippen molar-refractivity contribution in [3.63, 3.8) is 0 Å². The van der Waals surface area contributed by atoms with Crippen LogP contribution in [0.15, 0.2) is 87.0 Å². The Morgan fingerprint density at radius 1 is 0.733 bits per heavy atom. The third-order valence-electron chi connectivity index (χ3n) is 5.62. The van der Waals surface area contributed by atoms with Gasteiger partial charge in [-0.3, -0.25) is 4.99 Å². The summed E-state index contributed by atoms with van der Waals surface area (Å²) in [6.07, 6.45) is 6.20. The highest BCUT2D eigenvalue weighted by Gasteiger charge is 2.23. The van der Waals surface area contributed by atoms with Crippen LogP contribution in [0.1, 0.15) is 16.7 Å². The molecule has 5 aromatic rings. The molecule has 5 heteroatoms. The molecule has 1 aliphatic rings. The van der Waals surface area contributed by atoms with Crippen molar-refractivity contribution in [2.24, 2.45) is 4.99 Å². The van der Waals surface area contributed by atoms with Crippen LogP contribution in [-0.2, 0) is 0 Å². The quantitative estimate of drug-likeness (QED) is 0.240. The van der Waals surface area contributed by atoms with Gasteiger partial charge in [-0.25, -0.2) is 0 Å². The molecule has 3 aromatic carbocycles. The van der Waals surface area contributed by atoms with Crippen LogP contribution in [0.3, 0.4) is 0 Å². The fourth-order valence-corrected chi connectivity index (χ4v) is 4.97. The first-order valence-corrected chi connectivity index (χ1v) is 11.2. The molecule has 0 bridgehead atoms. The molecule has 0 atom stereocenters. The zero-order chi connectivity index (χ0) is 20.2. The summed E-state index contributed by atoms with van der Waals surface area (Å²) in [4.78, 5) is 11.6. The van der Waals surface area contributed by atoms with Gasteiger partial charge in [0.1, 0.15) is 0 Å². The lowest BCUT2D eigenvalue weighted by Gasteiger charge is -2.12. The number of benzene rings is 3. The molecule has 0 aliphatic carbocycles. The van der Waals surface area contributed by atoms with Crippen molar-refractivity contribution in [3.05, 3.63) is 98.7 Å². The maximum absolute atomic E-state index is 4.71. The van der Waals surface area contributed by atoms with Gasteiger partial charge < -0.3 is 9.97 Å². The first-order chi connectivity index (χ1) is 14.7. The van der Waals surface area contributed by atoms with E-state index in [0.717, 1.165) is 47.9 Å². The highest BCUT2D eigenvalue weighted by Crippen LogP contribution is 2.43. The Hall–Kier alpha value is -2.89. The minimum Gasteiger partial charge on any atom is -0.361 e. The van der Waals surface area contributed by atoms with Crippen molar-refractivity contribution in [2.45, 2.75) is 0 Å². The number of aromatic amines is 2. The van der Waals surface area contributed by atoms with Crippen LogP contribution < -0.4 is 0 Å². The van der Waals surface area contributed by atoms with Crippen LogP contribution in [0.4, 0.5) is 5.69 Å². The Morgan fingerprint density at radius 2 is 1.43 bits per heavy atom. The van der Waals surface area contributed by atoms with Gasteiger partial charge in [0, 0.05) is 77.2 Å². The Bertz CT molecular complexity index is 1520. The fourth-order valence-electron chi connectivity index (χ4n) is 4.25. The maximum Gasteiger partial charge on any atom is 0.0709 e. The van der Waals surface area contributed by atoms with E-state index in [1.54, 1.807) is 0 Å². The highest BCUT2D eigenvalue weighted by atomic mass is 79.9. The number of para-hydroxylation sites is 1. The number of hydrogen-bond acceptors (Lipinski definition) is 1. The van der Waals surface area contributed by atoms with Crippen LogP contribution in [0.5, 0.6) is 0 Å². The zero-order valence-electron chi connectivity index (χ0n) is 15.7. The molecule has 2 aromatic heterocycles. The van der Waals surface area contributed by atoms with E-state index in [1.807, 2.05) is 12.3 Å². The average Bonchev–Trinajstić information content (AvgIpc) is 3.47. The largest absolute Gasteiger partial charge is 0.361 e. The molecule has 0 amide bonds. The molecule has 0 saturated heterocycles. The predicted molar refractivity (Wildman–Crippen MR) is 133 cm³/mol. The fraction of sp³-hybridized carbons (Fsp3) is 0. The van der Waals surface area contributed by atoms with Crippen molar-refractivity contribution in [3.8, 4) is 0 Å². The number of aliphatic imine (C=N–C) groups is 1. The Morgan fingerprint density at radius 3 is 2.30 bits per heavy atom. The summed E-state index contributed by atoms with van der Waals surface area (Å²) < 4.78 is 2.10. The second kappa shape index (κ2) is 6.83. The molecule has 0 unspecified atom stereocenters. The summed E-state index contributed by atoms with van der Waals surface area (Å²) in [6, 6.07) is 21.0. The zero-order valence-corrected chi connectivity index (χ0v) is 18.9. The summed E-state index contributed by atoms with van der Waals surface area (Å²) in [7, 11) is 0. The maximum atomic E-state index is 4.71. The summed E-state index contributed by atoms with van der Waals surface area (Å²) in [5.74, 6) is 0. The van der Waals surface area contributed by atoms with E-state index in [2.05, 4.69) is 109 Å². The van der Waals surface area contributed by atoms with Crippen LogP contribution in [0, 0.1) is 0 Å². The van der Waals surface area contributed by atoms with Gasteiger partial charge in [-0.1, -0.05) is 50.1 Å². The van der Waals surface area contributed by atoms with E-state index in [9.17, 15) is 0 Å². The third-order valence-corrected chi connectivity index (χ3v) is 6.61. The normalized spacial score (nSPS) is 14.6. The van der Waals surface area contributed by atoms with E-state index >= 15 is 0 Å².